The SMILES string of the molecule is Nc1nc(OC2CCOC2)c2nc(-c3ccc(F)cc3)ccc2n1. The van der Waals surface area contributed by atoms with Crippen molar-refractivity contribution in [2.24, 2.45) is 0 Å². The fraction of sp³-hybridized carbons (Fsp3) is 0.235. The molecule has 0 amide bonds. The zero-order chi connectivity index (χ0) is 16.5. The highest BCUT2D eigenvalue weighted by Gasteiger charge is 2.20. The van der Waals surface area contributed by atoms with Crippen LogP contribution in [0.4, 0.5) is 10.3 Å². The summed E-state index contributed by atoms with van der Waals surface area (Å²) in [6.45, 7) is 1.18. The molecule has 122 valence electrons. The van der Waals surface area contributed by atoms with Crippen LogP contribution in [0.1, 0.15) is 6.42 Å². The summed E-state index contributed by atoms with van der Waals surface area (Å²) in [4.78, 5) is 13.0. The van der Waals surface area contributed by atoms with Crippen molar-refractivity contribution in [3.8, 4) is 17.1 Å². The van der Waals surface area contributed by atoms with Gasteiger partial charge >= 0.3 is 0 Å². The molecule has 0 saturated carbocycles. The monoisotopic (exact) mass is 326 g/mol. The quantitative estimate of drug-likeness (QED) is 0.796. The Hall–Kier alpha value is -2.80. The van der Waals surface area contributed by atoms with Crippen molar-refractivity contribution in [3.05, 3.63) is 42.2 Å². The van der Waals surface area contributed by atoms with Crippen LogP contribution >= 0.6 is 0 Å². The first kappa shape index (κ1) is 14.8. The minimum Gasteiger partial charge on any atom is -0.470 e. The molecule has 1 saturated heterocycles. The molecule has 0 spiro atoms. The van der Waals surface area contributed by atoms with Gasteiger partial charge in [-0.05, 0) is 36.4 Å². The highest BCUT2D eigenvalue weighted by molar-refractivity contribution is 5.83. The number of benzene rings is 1. The highest BCUT2D eigenvalue weighted by Crippen LogP contribution is 2.27. The maximum atomic E-state index is 13.1. The van der Waals surface area contributed by atoms with Gasteiger partial charge in [-0.15, -0.1) is 0 Å². The van der Waals surface area contributed by atoms with E-state index in [-0.39, 0.29) is 17.9 Å². The van der Waals surface area contributed by atoms with Crippen LogP contribution in [0, 0.1) is 5.82 Å². The first-order valence-electron chi connectivity index (χ1n) is 7.64. The Morgan fingerprint density at radius 2 is 1.92 bits per heavy atom. The van der Waals surface area contributed by atoms with Gasteiger partial charge in [0.25, 0.3) is 0 Å². The molecule has 2 N–H and O–H groups in total. The predicted octanol–water partition coefficient (Wildman–Crippen LogP) is 2.58. The number of hydrogen-bond donors (Lipinski definition) is 1. The number of ether oxygens (including phenoxy) is 2. The third kappa shape index (κ3) is 2.85. The number of pyridine rings is 1. The molecule has 3 aromatic rings. The maximum absolute atomic E-state index is 13.1. The zero-order valence-corrected chi connectivity index (χ0v) is 12.8. The van der Waals surface area contributed by atoms with Crippen molar-refractivity contribution in [2.75, 3.05) is 18.9 Å². The standard InChI is InChI=1S/C17H15FN4O2/c18-11-3-1-10(2-4-11)13-5-6-14-15(20-13)16(22-17(19)21-14)24-12-7-8-23-9-12/h1-6,12H,7-9H2,(H2,19,21,22). The van der Waals surface area contributed by atoms with Gasteiger partial charge in [-0.2, -0.15) is 4.98 Å². The third-order valence-corrected chi connectivity index (χ3v) is 3.83. The summed E-state index contributed by atoms with van der Waals surface area (Å²) in [6.07, 6.45) is 0.724. The summed E-state index contributed by atoms with van der Waals surface area (Å²) in [6, 6.07) is 9.75. The van der Waals surface area contributed by atoms with E-state index in [0.717, 1.165) is 12.0 Å². The molecule has 6 nitrogen and oxygen atoms in total. The second-order valence-electron chi connectivity index (χ2n) is 5.56. The molecular formula is C17H15FN4O2. The summed E-state index contributed by atoms with van der Waals surface area (Å²) < 4.78 is 24.3. The Morgan fingerprint density at radius 1 is 1.08 bits per heavy atom. The molecule has 1 aromatic carbocycles. The second-order valence-corrected chi connectivity index (χ2v) is 5.56. The molecule has 0 aliphatic carbocycles. The van der Waals surface area contributed by atoms with E-state index in [0.29, 0.717) is 35.8 Å². The van der Waals surface area contributed by atoms with Crippen LogP contribution < -0.4 is 10.5 Å². The Labute approximate surface area is 137 Å². The van der Waals surface area contributed by atoms with Gasteiger partial charge in [0.15, 0.2) is 5.52 Å². The molecule has 2 aromatic heterocycles. The van der Waals surface area contributed by atoms with Crippen LogP contribution in [-0.4, -0.2) is 34.3 Å². The number of nitrogens with zero attached hydrogens (tertiary/aromatic N) is 3. The Kier molecular flexibility index (Phi) is 3.70. The van der Waals surface area contributed by atoms with Gasteiger partial charge in [0, 0.05) is 12.0 Å². The number of anilines is 1. The molecule has 7 heteroatoms. The van der Waals surface area contributed by atoms with E-state index in [4.69, 9.17) is 15.2 Å². The molecule has 0 radical (unpaired) electrons. The summed E-state index contributed by atoms with van der Waals surface area (Å²) in [7, 11) is 0. The lowest BCUT2D eigenvalue weighted by Crippen LogP contribution is -2.17. The number of nitrogen functional groups attached to an aromatic ring is 1. The van der Waals surface area contributed by atoms with Crippen molar-refractivity contribution in [1.29, 1.82) is 0 Å². The number of nitrogens with two attached hydrogens (primary N) is 1. The molecule has 24 heavy (non-hydrogen) atoms. The van der Waals surface area contributed by atoms with Gasteiger partial charge in [-0.25, -0.2) is 14.4 Å². The van der Waals surface area contributed by atoms with Crippen molar-refractivity contribution in [1.82, 2.24) is 15.0 Å². The summed E-state index contributed by atoms with van der Waals surface area (Å²) in [5.74, 6) is 0.186. The van der Waals surface area contributed by atoms with Gasteiger partial charge in [0.05, 0.1) is 24.4 Å². The topological polar surface area (TPSA) is 83.2 Å². The maximum Gasteiger partial charge on any atom is 0.245 e. The average molecular weight is 326 g/mol. The number of hydrogen-bond acceptors (Lipinski definition) is 6. The van der Waals surface area contributed by atoms with Crippen LogP contribution in [-0.2, 0) is 4.74 Å². The normalized spacial score (nSPS) is 17.3. The minimum absolute atomic E-state index is 0.0706. The first-order valence-corrected chi connectivity index (χ1v) is 7.64. The van der Waals surface area contributed by atoms with Crippen molar-refractivity contribution < 1.29 is 13.9 Å². The summed E-state index contributed by atoms with van der Waals surface area (Å²) >= 11 is 0. The number of aromatic nitrogens is 3. The minimum atomic E-state index is -0.291. The number of fused-ring (bicyclic) bond motifs is 1. The van der Waals surface area contributed by atoms with E-state index in [2.05, 4.69) is 15.0 Å². The zero-order valence-electron chi connectivity index (χ0n) is 12.8. The van der Waals surface area contributed by atoms with Gasteiger partial charge in [-0.1, -0.05) is 0 Å². The van der Waals surface area contributed by atoms with E-state index in [1.54, 1.807) is 18.2 Å². The lowest BCUT2D eigenvalue weighted by Gasteiger charge is -2.13. The van der Waals surface area contributed by atoms with Crippen LogP contribution in [0.25, 0.3) is 22.3 Å². The Balaban J connectivity index is 1.78. The van der Waals surface area contributed by atoms with Crippen LogP contribution in [0.3, 0.4) is 0 Å². The number of rotatable bonds is 3. The van der Waals surface area contributed by atoms with Crippen molar-refractivity contribution in [3.63, 3.8) is 0 Å². The molecule has 1 unspecified atom stereocenters. The second kappa shape index (κ2) is 6.01. The molecule has 1 atom stereocenters. The Bertz CT molecular complexity index is 880. The largest absolute Gasteiger partial charge is 0.470 e. The lowest BCUT2D eigenvalue weighted by atomic mass is 10.1. The molecule has 1 fully saturated rings. The van der Waals surface area contributed by atoms with Gasteiger partial charge < -0.3 is 15.2 Å². The fourth-order valence-corrected chi connectivity index (χ4v) is 2.63. The number of halogens is 1. The lowest BCUT2D eigenvalue weighted by molar-refractivity contribution is 0.139. The van der Waals surface area contributed by atoms with Gasteiger partial charge in [0.2, 0.25) is 11.8 Å². The van der Waals surface area contributed by atoms with Gasteiger partial charge in [-0.3, -0.25) is 0 Å². The highest BCUT2D eigenvalue weighted by atomic mass is 19.1. The van der Waals surface area contributed by atoms with Crippen molar-refractivity contribution >= 4 is 17.0 Å². The molecule has 0 bridgehead atoms. The molecular weight excluding hydrogens is 311 g/mol. The first-order chi connectivity index (χ1) is 11.7. The summed E-state index contributed by atoms with van der Waals surface area (Å²) in [5, 5.41) is 0. The van der Waals surface area contributed by atoms with E-state index in [1.165, 1.54) is 12.1 Å². The molecule has 4 rings (SSSR count). The fourth-order valence-electron chi connectivity index (χ4n) is 2.63. The molecule has 3 heterocycles. The average Bonchev–Trinajstić information content (AvgIpc) is 3.08. The molecule has 1 aliphatic heterocycles. The van der Waals surface area contributed by atoms with E-state index >= 15 is 0 Å². The van der Waals surface area contributed by atoms with Crippen molar-refractivity contribution in [2.45, 2.75) is 12.5 Å². The Morgan fingerprint density at radius 3 is 2.67 bits per heavy atom. The van der Waals surface area contributed by atoms with Gasteiger partial charge in [0.1, 0.15) is 11.9 Å². The predicted molar refractivity (Wildman–Crippen MR) is 87.0 cm³/mol. The van der Waals surface area contributed by atoms with E-state index in [9.17, 15) is 4.39 Å². The smallest absolute Gasteiger partial charge is 0.245 e. The van der Waals surface area contributed by atoms with E-state index in [1.807, 2.05) is 6.07 Å². The summed E-state index contributed by atoms with van der Waals surface area (Å²) in [5.41, 5.74) is 8.37. The molecule has 1 aliphatic rings. The van der Waals surface area contributed by atoms with Crippen LogP contribution in [0.2, 0.25) is 0 Å². The van der Waals surface area contributed by atoms with Crippen LogP contribution in [0.15, 0.2) is 36.4 Å². The third-order valence-electron chi connectivity index (χ3n) is 3.83. The van der Waals surface area contributed by atoms with Crippen LogP contribution in [0.5, 0.6) is 5.88 Å². The van der Waals surface area contributed by atoms with E-state index < -0.39 is 0 Å².